The molecular formula is C11H18N4. The second-order valence-electron chi connectivity index (χ2n) is 3.02. The molecule has 0 aromatic heterocycles. The van der Waals surface area contributed by atoms with Crippen LogP contribution >= 0.6 is 0 Å². The predicted octanol–water partition coefficient (Wildman–Crippen LogP) is 1.87. The smallest absolute Gasteiger partial charge is 0.101 e. The summed E-state index contributed by atoms with van der Waals surface area (Å²) in [5, 5.41) is 14.5. The zero-order chi connectivity index (χ0) is 11.7. The Kier molecular flexibility index (Phi) is 6.63. The number of hydrogen-bond donors (Lipinski definition) is 3. The quantitative estimate of drug-likeness (QED) is 0.352. The molecule has 0 atom stereocenters. The third-order valence-corrected chi connectivity index (χ3v) is 1.83. The fourth-order valence-corrected chi connectivity index (χ4v) is 0.818. The van der Waals surface area contributed by atoms with Gasteiger partial charge in [0.25, 0.3) is 0 Å². The van der Waals surface area contributed by atoms with E-state index in [1.54, 1.807) is 19.2 Å². The van der Waals surface area contributed by atoms with E-state index in [0.717, 1.165) is 12.8 Å². The van der Waals surface area contributed by atoms with Gasteiger partial charge in [0, 0.05) is 19.2 Å². The highest BCUT2D eigenvalue weighted by Gasteiger charge is 1.98. The minimum absolute atomic E-state index is 0.426. The number of nitrogens with zero attached hydrogens (tertiary/aromatic N) is 1. The second kappa shape index (κ2) is 7.55. The van der Waals surface area contributed by atoms with Gasteiger partial charge in [-0.05, 0) is 18.6 Å². The van der Waals surface area contributed by atoms with Crippen molar-refractivity contribution in [2.45, 2.75) is 12.8 Å². The highest BCUT2D eigenvalue weighted by molar-refractivity contribution is 5.88. The largest absolute Gasteiger partial charge is 0.399 e. The fraction of sp³-hybridized carbons (Fsp3) is 0.273. The van der Waals surface area contributed by atoms with Crippen LogP contribution in [0.5, 0.6) is 0 Å². The first-order valence-corrected chi connectivity index (χ1v) is 4.67. The molecular weight excluding hydrogens is 188 g/mol. The SMILES string of the molecule is C=C/C(N)=C\C=C/CCC(=N)N(C)C=N. The van der Waals surface area contributed by atoms with Gasteiger partial charge in [0.2, 0.25) is 0 Å². The monoisotopic (exact) mass is 206 g/mol. The van der Waals surface area contributed by atoms with Gasteiger partial charge in [-0.25, -0.2) is 0 Å². The molecule has 0 radical (unpaired) electrons. The molecule has 0 aliphatic heterocycles. The Labute approximate surface area is 90.8 Å². The number of hydrogen-bond acceptors (Lipinski definition) is 3. The number of amidine groups is 1. The Morgan fingerprint density at radius 2 is 2.20 bits per heavy atom. The molecule has 0 aliphatic carbocycles. The van der Waals surface area contributed by atoms with E-state index in [1.807, 2.05) is 12.2 Å². The number of rotatable bonds is 6. The molecule has 0 unspecified atom stereocenters. The third kappa shape index (κ3) is 6.26. The van der Waals surface area contributed by atoms with E-state index in [0.29, 0.717) is 18.0 Å². The molecule has 82 valence electrons. The normalized spacial score (nSPS) is 11.4. The highest BCUT2D eigenvalue weighted by Crippen LogP contribution is 1.96. The van der Waals surface area contributed by atoms with Crippen LogP contribution in [0.15, 0.2) is 36.6 Å². The first kappa shape index (κ1) is 13.2. The van der Waals surface area contributed by atoms with Crippen LogP contribution in [-0.2, 0) is 0 Å². The molecule has 15 heavy (non-hydrogen) atoms. The zero-order valence-corrected chi connectivity index (χ0v) is 9.03. The summed E-state index contributed by atoms with van der Waals surface area (Å²) < 4.78 is 0. The molecule has 0 fully saturated rings. The fourth-order valence-electron chi connectivity index (χ4n) is 0.818. The summed E-state index contributed by atoms with van der Waals surface area (Å²) in [5.74, 6) is 0.426. The van der Waals surface area contributed by atoms with E-state index >= 15 is 0 Å². The predicted molar refractivity (Wildman–Crippen MR) is 65.1 cm³/mol. The maximum atomic E-state index is 7.54. The lowest BCUT2D eigenvalue weighted by atomic mass is 10.2. The Bertz CT molecular complexity index is 289. The topological polar surface area (TPSA) is 77.0 Å². The maximum absolute atomic E-state index is 7.54. The highest BCUT2D eigenvalue weighted by atomic mass is 15.1. The molecule has 0 saturated heterocycles. The van der Waals surface area contributed by atoms with Crippen molar-refractivity contribution in [3.8, 4) is 0 Å². The van der Waals surface area contributed by atoms with Gasteiger partial charge >= 0.3 is 0 Å². The van der Waals surface area contributed by atoms with Crippen LogP contribution in [0.3, 0.4) is 0 Å². The van der Waals surface area contributed by atoms with Crippen molar-refractivity contribution in [2.24, 2.45) is 5.73 Å². The van der Waals surface area contributed by atoms with Crippen LogP contribution in [-0.4, -0.2) is 24.1 Å². The molecule has 0 aliphatic rings. The van der Waals surface area contributed by atoms with E-state index in [4.69, 9.17) is 16.6 Å². The molecule has 0 rings (SSSR count). The van der Waals surface area contributed by atoms with Gasteiger partial charge in [-0.2, -0.15) is 0 Å². The van der Waals surface area contributed by atoms with Crippen LogP contribution in [0, 0.1) is 10.8 Å². The molecule has 0 bridgehead atoms. The van der Waals surface area contributed by atoms with Crippen molar-refractivity contribution in [1.29, 1.82) is 10.8 Å². The Balaban J connectivity index is 3.84. The molecule has 0 amide bonds. The molecule has 4 nitrogen and oxygen atoms in total. The molecule has 0 heterocycles. The summed E-state index contributed by atoms with van der Waals surface area (Å²) in [6.07, 6.45) is 9.62. The van der Waals surface area contributed by atoms with Crippen LogP contribution in [0.4, 0.5) is 0 Å². The van der Waals surface area contributed by atoms with Crippen molar-refractivity contribution in [2.75, 3.05) is 7.05 Å². The molecule has 0 saturated carbocycles. The molecule has 4 heteroatoms. The van der Waals surface area contributed by atoms with E-state index in [2.05, 4.69) is 6.58 Å². The van der Waals surface area contributed by atoms with Gasteiger partial charge < -0.3 is 10.6 Å². The summed E-state index contributed by atoms with van der Waals surface area (Å²) in [7, 11) is 1.69. The first-order chi connectivity index (χ1) is 7.11. The van der Waals surface area contributed by atoms with Crippen LogP contribution in [0.25, 0.3) is 0 Å². The van der Waals surface area contributed by atoms with Crippen molar-refractivity contribution in [1.82, 2.24) is 4.90 Å². The molecule has 0 aromatic carbocycles. The van der Waals surface area contributed by atoms with Crippen LogP contribution in [0.1, 0.15) is 12.8 Å². The average Bonchev–Trinajstić information content (AvgIpc) is 2.26. The number of nitrogens with one attached hydrogen (secondary N) is 2. The average molecular weight is 206 g/mol. The van der Waals surface area contributed by atoms with E-state index in [1.165, 1.54) is 4.90 Å². The lowest BCUT2D eigenvalue weighted by Gasteiger charge is -2.11. The summed E-state index contributed by atoms with van der Waals surface area (Å²) in [5.41, 5.74) is 6.12. The zero-order valence-electron chi connectivity index (χ0n) is 9.03. The van der Waals surface area contributed by atoms with Gasteiger partial charge in [-0.15, -0.1) is 0 Å². The number of nitrogens with two attached hydrogens (primary N) is 1. The van der Waals surface area contributed by atoms with Crippen molar-refractivity contribution >= 4 is 12.2 Å². The minimum Gasteiger partial charge on any atom is -0.399 e. The van der Waals surface area contributed by atoms with Crippen molar-refractivity contribution in [3.05, 3.63) is 36.6 Å². The first-order valence-electron chi connectivity index (χ1n) is 4.67. The van der Waals surface area contributed by atoms with Crippen LogP contribution < -0.4 is 5.73 Å². The van der Waals surface area contributed by atoms with Gasteiger partial charge in [-0.1, -0.05) is 18.7 Å². The van der Waals surface area contributed by atoms with Gasteiger partial charge in [0.1, 0.15) is 5.84 Å². The minimum atomic E-state index is 0.426. The lowest BCUT2D eigenvalue weighted by molar-refractivity contribution is 0.730. The summed E-state index contributed by atoms with van der Waals surface area (Å²) >= 11 is 0. The summed E-state index contributed by atoms with van der Waals surface area (Å²) in [6, 6.07) is 0. The molecule has 4 N–H and O–H groups in total. The Morgan fingerprint density at radius 1 is 1.53 bits per heavy atom. The Morgan fingerprint density at radius 3 is 2.73 bits per heavy atom. The van der Waals surface area contributed by atoms with Gasteiger partial charge in [-0.3, -0.25) is 10.8 Å². The standard InChI is InChI=1S/C11H18N4/c1-3-10(13)7-5-4-6-8-11(14)15(2)9-12/h3-5,7,9,12,14H,1,6,8,13H2,2H3/b5-4-,10-7+,12-9?,14-11?. The van der Waals surface area contributed by atoms with Gasteiger partial charge in [0.15, 0.2) is 0 Å². The summed E-state index contributed by atoms with van der Waals surface area (Å²) in [4.78, 5) is 1.47. The molecule has 0 aromatic rings. The van der Waals surface area contributed by atoms with E-state index < -0.39 is 0 Å². The van der Waals surface area contributed by atoms with Crippen LogP contribution in [0.2, 0.25) is 0 Å². The maximum Gasteiger partial charge on any atom is 0.101 e. The van der Waals surface area contributed by atoms with Gasteiger partial charge in [0.05, 0.1) is 6.34 Å². The second-order valence-corrected chi connectivity index (χ2v) is 3.02. The Hall–Kier alpha value is -1.84. The van der Waals surface area contributed by atoms with Crippen molar-refractivity contribution < 1.29 is 0 Å². The third-order valence-electron chi connectivity index (χ3n) is 1.83. The van der Waals surface area contributed by atoms with E-state index in [-0.39, 0.29) is 0 Å². The lowest BCUT2D eigenvalue weighted by Crippen LogP contribution is -2.23. The van der Waals surface area contributed by atoms with Crippen molar-refractivity contribution in [3.63, 3.8) is 0 Å². The summed E-state index contributed by atoms with van der Waals surface area (Å²) in [6.45, 7) is 3.53. The van der Waals surface area contributed by atoms with E-state index in [9.17, 15) is 0 Å². The molecule has 0 spiro atoms. The number of allylic oxidation sites excluding steroid dienone is 4.